The number of esters is 3. The molecule has 52 heavy (non-hydrogen) atoms. The smallest absolute Gasteiger partial charge is 0.320 e. The number of piperidine rings is 3. The molecule has 6 unspecified atom stereocenters. The summed E-state index contributed by atoms with van der Waals surface area (Å²) in [7, 11) is 0. The van der Waals surface area contributed by atoms with E-state index in [1.165, 1.54) is 0 Å². The van der Waals surface area contributed by atoms with Gasteiger partial charge in [-0.2, -0.15) is 0 Å². The highest BCUT2D eigenvalue weighted by atomic mass is 16.6. The summed E-state index contributed by atoms with van der Waals surface area (Å²) in [5.74, 6) is -0.954. The van der Waals surface area contributed by atoms with Gasteiger partial charge >= 0.3 is 17.9 Å². The molecule has 3 aliphatic heterocycles. The molecular weight excluding hydrogens is 654 g/mol. The molecular formula is C43H79N3O6. The summed E-state index contributed by atoms with van der Waals surface area (Å²) >= 11 is 0. The van der Waals surface area contributed by atoms with E-state index in [1.807, 2.05) is 0 Å². The van der Waals surface area contributed by atoms with E-state index in [2.05, 4.69) is 120 Å². The molecule has 3 aliphatic rings. The van der Waals surface area contributed by atoms with Crippen LogP contribution < -0.4 is 16.0 Å². The van der Waals surface area contributed by atoms with Crippen molar-refractivity contribution in [3.63, 3.8) is 0 Å². The van der Waals surface area contributed by atoms with E-state index in [1.54, 1.807) is 0 Å². The minimum absolute atomic E-state index is 0.0815. The number of unbranched alkanes of at least 4 members (excludes halogenated alkanes) is 3. The molecule has 0 aromatic heterocycles. The second-order valence-corrected chi connectivity index (χ2v) is 20.7. The summed E-state index contributed by atoms with van der Waals surface area (Å²) in [6.45, 7) is 32.8. The Morgan fingerprint density at radius 3 is 1.17 bits per heavy atom. The molecule has 0 amide bonds. The number of carbonyl (C=O) groups excluding carboxylic acids is 3. The summed E-state index contributed by atoms with van der Waals surface area (Å²) in [5.41, 5.74) is -0.980. The molecule has 3 saturated heterocycles. The van der Waals surface area contributed by atoms with Gasteiger partial charge < -0.3 is 30.2 Å². The van der Waals surface area contributed by atoms with Crippen molar-refractivity contribution in [1.29, 1.82) is 0 Å². The van der Waals surface area contributed by atoms with Crippen LogP contribution in [0.25, 0.3) is 0 Å². The molecule has 3 N–H and O–H groups in total. The summed E-state index contributed by atoms with van der Waals surface area (Å²) in [4.78, 5) is 40.8. The van der Waals surface area contributed by atoms with E-state index in [4.69, 9.17) is 14.2 Å². The number of rotatable bonds is 15. The molecule has 0 spiro atoms. The minimum atomic E-state index is -0.977. The molecule has 6 atom stereocenters. The standard InChI is InChI=1S/C43H79N3O6/c1-28(2)41(13)25-31(22-38(7,8)44-41)50-35(47)21-19-17-16-18-20-34(36(48)51-32-23-39(9,10)45-42(14,26-32)29(3)4)37(49)52-33-24-40(11,12)46-43(15,27-33)30(5)6/h28-34,44-46H,16-27H2,1-15H3. The van der Waals surface area contributed by atoms with Crippen LogP contribution in [-0.4, -0.2) is 69.5 Å². The van der Waals surface area contributed by atoms with Crippen LogP contribution in [0, 0.1) is 23.7 Å². The van der Waals surface area contributed by atoms with Crippen molar-refractivity contribution in [1.82, 2.24) is 16.0 Å². The zero-order valence-corrected chi connectivity index (χ0v) is 36.0. The maximum atomic E-state index is 14.0. The van der Waals surface area contributed by atoms with Gasteiger partial charge in [-0.15, -0.1) is 0 Å². The average Bonchev–Trinajstić information content (AvgIpc) is 2.93. The highest BCUT2D eigenvalue weighted by Crippen LogP contribution is 2.38. The van der Waals surface area contributed by atoms with Crippen molar-refractivity contribution in [2.24, 2.45) is 23.7 Å². The Bertz CT molecular complexity index is 1170. The molecule has 0 aromatic rings. The fraction of sp³-hybridized carbons (Fsp3) is 0.930. The topological polar surface area (TPSA) is 115 Å². The Kier molecular flexibility index (Phi) is 14.6. The Morgan fingerprint density at radius 1 is 0.500 bits per heavy atom. The third kappa shape index (κ3) is 12.4. The highest BCUT2D eigenvalue weighted by Gasteiger charge is 2.47. The van der Waals surface area contributed by atoms with Crippen LogP contribution in [0.15, 0.2) is 0 Å². The molecule has 3 heterocycles. The van der Waals surface area contributed by atoms with Gasteiger partial charge in [0.05, 0.1) is 0 Å². The zero-order chi connectivity index (χ0) is 39.5. The lowest BCUT2D eigenvalue weighted by Gasteiger charge is -2.50. The predicted molar refractivity (Wildman–Crippen MR) is 210 cm³/mol. The van der Waals surface area contributed by atoms with Gasteiger partial charge in [0.15, 0.2) is 5.92 Å². The van der Waals surface area contributed by atoms with E-state index in [-0.39, 0.29) is 57.5 Å². The van der Waals surface area contributed by atoms with Gasteiger partial charge in [0.2, 0.25) is 0 Å². The van der Waals surface area contributed by atoms with Crippen LogP contribution in [0.2, 0.25) is 0 Å². The second-order valence-electron chi connectivity index (χ2n) is 20.7. The quantitative estimate of drug-likeness (QED) is 0.0661. The minimum Gasteiger partial charge on any atom is -0.462 e. The summed E-state index contributed by atoms with van der Waals surface area (Å²) in [6, 6.07) is 0. The molecule has 3 rings (SSSR count). The largest absolute Gasteiger partial charge is 0.462 e. The van der Waals surface area contributed by atoms with E-state index >= 15 is 0 Å². The lowest BCUT2D eigenvalue weighted by Crippen LogP contribution is -2.63. The lowest BCUT2D eigenvalue weighted by atomic mass is 9.74. The normalized spacial score (nSPS) is 33.5. The van der Waals surface area contributed by atoms with Crippen LogP contribution in [0.4, 0.5) is 0 Å². The Hall–Kier alpha value is -1.71. The predicted octanol–water partition coefficient (Wildman–Crippen LogP) is 8.41. The molecule has 0 aromatic carbocycles. The SMILES string of the molecule is CC(C)C1(C)CC(OC(=O)CCCCCCC(C(=O)OC2CC(C)(C)NC(C)(C(C)C)C2)C(=O)OC2CC(C)(C)NC(C)(C(C)C)C2)CC(C)(C)N1. The van der Waals surface area contributed by atoms with Crippen molar-refractivity contribution in [3.05, 3.63) is 0 Å². The first-order chi connectivity index (χ1) is 23.7. The summed E-state index contributed by atoms with van der Waals surface area (Å²) in [5, 5.41) is 11.3. The van der Waals surface area contributed by atoms with Gasteiger partial charge in [-0.25, -0.2) is 0 Å². The molecule has 9 nitrogen and oxygen atoms in total. The van der Waals surface area contributed by atoms with Gasteiger partial charge in [-0.1, -0.05) is 60.8 Å². The maximum absolute atomic E-state index is 14.0. The zero-order valence-electron chi connectivity index (χ0n) is 36.0. The average molecular weight is 734 g/mol. The fourth-order valence-corrected chi connectivity index (χ4v) is 9.40. The number of ether oxygens (including phenoxy) is 3. The Morgan fingerprint density at radius 2 is 0.827 bits per heavy atom. The van der Waals surface area contributed by atoms with E-state index in [0.29, 0.717) is 69.1 Å². The van der Waals surface area contributed by atoms with Crippen LogP contribution in [0.5, 0.6) is 0 Å². The lowest BCUT2D eigenvalue weighted by molar-refractivity contribution is -0.173. The van der Waals surface area contributed by atoms with Crippen LogP contribution in [0.3, 0.4) is 0 Å². The van der Waals surface area contributed by atoms with Crippen LogP contribution >= 0.6 is 0 Å². The van der Waals surface area contributed by atoms with Crippen LogP contribution in [0.1, 0.15) is 181 Å². The van der Waals surface area contributed by atoms with Crippen LogP contribution in [-0.2, 0) is 28.6 Å². The van der Waals surface area contributed by atoms with Gasteiger partial charge in [0.25, 0.3) is 0 Å². The first kappa shape index (κ1) is 44.7. The number of carbonyl (C=O) groups is 3. The molecule has 0 aliphatic carbocycles. The number of hydrogen-bond donors (Lipinski definition) is 3. The van der Waals surface area contributed by atoms with E-state index in [9.17, 15) is 14.4 Å². The maximum Gasteiger partial charge on any atom is 0.320 e. The van der Waals surface area contributed by atoms with Gasteiger partial charge in [0, 0.05) is 78.2 Å². The molecule has 302 valence electrons. The number of hydrogen-bond acceptors (Lipinski definition) is 9. The van der Waals surface area contributed by atoms with Crippen molar-refractivity contribution < 1.29 is 28.6 Å². The molecule has 3 fully saturated rings. The number of nitrogens with one attached hydrogen (secondary N) is 3. The summed E-state index contributed by atoms with van der Waals surface area (Å²) < 4.78 is 18.5. The molecule has 0 radical (unpaired) electrons. The van der Waals surface area contributed by atoms with E-state index in [0.717, 1.165) is 25.7 Å². The molecule has 0 saturated carbocycles. The molecule has 0 bridgehead atoms. The van der Waals surface area contributed by atoms with E-state index < -0.39 is 17.9 Å². The van der Waals surface area contributed by atoms with Crippen molar-refractivity contribution in [2.45, 2.75) is 232 Å². The second kappa shape index (κ2) is 17.0. The Labute approximate surface area is 318 Å². The van der Waals surface area contributed by atoms with Gasteiger partial charge in [-0.3, -0.25) is 14.4 Å². The highest BCUT2D eigenvalue weighted by molar-refractivity contribution is 5.95. The Balaban J connectivity index is 1.62. The third-order valence-corrected chi connectivity index (χ3v) is 12.9. The monoisotopic (exact) mass is 734 g/mol. The first-order valence-electron chi connectivity index (χ1n) is 20.7. The van der Waals surface area contributed by atoms with Crippen molar-refractivity contribution in [3.8, 4) is 0 Å². The molecule has 9 heteroatoms. The summed E-state index contributed by atoms with van der Waals surface area (Å²) in [6.07, 6.45) is 7.42. The van der Waals surface area contributed by atoms with Crippen molar-refractivity contribution in [2.75, 3.05) is 0 Å². The van der Waals surface area contributed by atoms with Crippen molar-refractivity contribution >= 4 is 17.9 Å². The third-order valence-electron chi connectivity index (χ3n) is 12.9. The van der Waals surface area contributed by atoms with Gasteiger partial charge in [0.1, 0.15) is 18.3 Å². The fourth-order valence-electron chi connectivity index (χ4n) is 9.40. The first-order valence-corrected chi connectivity index (χ1v) is 20.7. The van der Waals surface area contributed by atoms with Gasteiger partial charge in [-0.05, 0) is 92.9 Å².